The predicted octanol–water partition coefficient (Wildman–Crippen LogP) is 2.30. The van der Waals surface area contributed by atoms with E-state index < -0.39 is 0 Å². The van der Waals surface area contributed by atoms with Crippen LogP contribution in [0, 0.1) is 6.92 Å². The number of nitrogens with one attached hydrogen (secondary N) is 2. The number of carbonyl (C=O) groups excluding carboxylic acids is 1. The van der Waals surface area contributed by atoms with Crippen molar-refractivity contribution in [1.82, 2.24) is 10.3 Å². The third kappa shape index (κ3) is 2.24. The summed E-state index contributed by atoms with van der Waals surface area (Å²) in [4.78, 5) is 14.8. The number of fused-ring (bicyclic) bond motifs is 1. The van der Waals surface area contributed by atoms with Gasteiger partial charge in [-0.1, -0.05) is 18.2 Å². The second-order valence-corrected chi connectivity index (χ2v) is 4.33. The van der Waals surface area contributed by atoms with Gasteiger partial charge in [0, 0.05) is 22.6 Å². The predicted molar refractivity (Wildman–Crippen MR) is 71.5 cm³/mol. The Labute approximate surface area is 106 Å². The van der Waals surface area contributed by atoms with E-state index in [-0.39, 0.29) is 12.0 Å². The van der Waals surface area contributed by atoms with E-state index >= 15 is 0 Å². The van der Waals surface area contributed by atoms with Crippen LogP contribution in [-0.2, 0) is 9.53 Å². The molecule has 1 aromatic heterocycles. The topological polar surface area (TPSA) is 54.1 Å². The average molecular weight is 246 g/mol. The van der Waals surface area contributed by atoms with E-state index in [4.69, 9.17) is 4.74 Å². The number of hydrogen-bond donors (Lipinski definition) is 2. The number of aryl methyl sites for hydroxylation is 1. The SMILES string of the molecule is CNC(CC(=O)OC)c1c(C)[nH]c2ccccc12. The Kier molecular flexibility index (Phi) is 3.67. The van der Waals surface area contributed by atoms with Crippen molar-refractivity contribution in [3.8, 4) is 0 Å². The molecule has 0 aliphatic carbocycles. The summed E-state index contributed by atoms with van der Waals surface area (Å²) >= 11 is 0. The van der Waals surface area contributed by atoms with E-state index in [9.17, 15) is 4.79 Å². The highest BCUT2D eigenvalue weighted by atomic mass is 16.5. The highest BCUT2D eigenvalue weighted by Gasteiger charge is 2.20. The van der Waals surface area contributed by atoms with Crippen LogP contribution < -0.4 is 5.32 Å². The number of esters is 1. The summed E-state index contributed by atoms with van der Waals surface area (Å²) in [6, 6.07) is 8.07. The summed E-state index contributed by atoms with van der Waals surface area (Å²) in [5, 5.41) is 4.33. The van der Waals surface area contributed by atoms with Crippen LogP contribution in [0.3, 0.4) is 0 Å². The molecule has 0 bridgehead atoms. The summed E-state index contributed by atoms with van der Waals surface area (Å²) in [6.07, 6.45) is 0.329. The van der Waals surface area contributed by atoms with Gasteiger partial charge in [-0.2, -0.15) is 0 Å². The molecule has 4 heteroatoms. The molecule has 1 aromatic carbocycles. The number of para-hydroxylation sites is 1. The highest BCUT2D eigenvalue weighted by Crippen LogP contribution is 2.29. The minimum absolute atomic E-state index is 0.0337. The summed E-state index contributed by atoms with van der Waals surface area (Å²) in [7, 11) is 3.27. The minimum atomic E-state index is -0.209. The Morgan fingerprint density at radius 2 is 2.17 bits per heavy atom. The van der Waals surface area contributed by atoms with Crippen molar-refractivity contribution in [3.05, 3.63) is 35.5 Å². The van der Waals surface area contributed by atoms with Gasteiger partial charge in [-0.15, -0.1) is 0 Å². The molecule has 0 spiro atoms. The molecule has 0 fully saturated rings. The Bertz CT molecular complexity index is 560. The van der Waals surface area contributed by atoms with Crippen LogP contribution in [0.4, 0.5) is 0 Å². The van der Waals surface area contributed by atoms with Gasteiger partial charge in [0.05, 0.1) is 13.5 Å². The molecule has 2 rings (SSSR count). The fourth-order valence-electron chi connectivity index (χ4n) is 2.35. The first-order valence-corrected chi connectivity index (χ1v) is 5.98. The highest BCUT2D eigenvalue weighted by molar-refractivity contribution is 5.85. The third-order valence-corrected chi connectivity index (χ3v) is 3.24. The molecule has 0 aliphatic heterocycles. The van der Waals surface area contributed by atoms with Gasteiger partial charge in [-0.3, -0.25) is 4.79 Å². The molecule has 2 aromatic rings. The van der Waals surface area contributed by atoms with Crippen molar-refractivity contribution in [2.45, 2.75) is 19.4 Å². The number of rotatable bonds is 4. The van der Waals surface area contributed by atoms with Gasteiger partial charge >= 0.3 is 5.97 Å². The van der Waals surface area contributed by atoms with E-state index in [1.165, 1.54) is 7.11 Å². The number of hydrogen-bond acceptors (Lipinski definition) is 3. The van der Waals surface area contributed by atoms with Crippen molar-refractivity contribution in [1.29, 1.82) is 0 Å². The van der Waals surface area contributed by atoms with Crippen molar-refractivity contribution < 1.29 is 9.53 Å². The van der Waals surface area contributed by atoms with Crippen LogP contribution in [0.25, 0.3) is 10.9 Å². The molecule has 0 saturated heterocycles. The number of methoxy groups -OCH3 is 1. The molecular formula is C14H18N2O2. The molecule has 1 unspecified atom stereocenters. The second-order valence-electron chi connectivity index (χ2n) is 4.33. The lowest BCUT2D eigenvalue weighted by Gasteiger charge is -2.15. The normalized spacial score (nSPS) is 12.6. The summed E-state index contributed by atoms with van der Waals surface area (Å²) < 4.78 is 4.74. The first kappa shape index (κ1) is 12.6. The van der Waals surface area contributed by atoms with Gasteiger partial charge in [0.15, 0.2) is 0 Å². The van der Waals surface area contributed by atoms with Crippen LogP contribution in [0.5, 0.6) is 0 Å². The monoisotopic (exact) mass is 246 g/mol. The van der Waals surface area contributed by atoms with Crippen LogP contribution in [0.2, 0.25) is 0 Å². The smallest absolute Gasteiger partial charge is 0.307 e. The number of carbonyl (C=O) groups is 1. The molecular weight excluding hydrogens is 228 g/mol. The molecule has 18 heavy (non-hydrogen) atoms. The van der Waals surface area contributed by atoms with Crippen LogP contribution >= 0.6 is 0 Å². The van der Waals surface area contributed by atoms with Crippen LogP contribution in [0.15, 0.2) is 24.3 Å². The largest absolute Gasteiger partial charge is 0.469 e. The zero-order valence-electron chi connectivity index (χ0n) is 10.9. The van der Waals surface area contributed by atoms with E-state index in [1.54, 1.807) is 0 Å². The summed E-state index contributed by atoms with van der Waals surface area (Å²) in [6.45, 7) is 2.02. The Balaban J connectivity index is 2.44. The van der Waals surface area contributed by atoms with E-state index in [2.05, 4.69) is 16.4 Å². The molecule has 1 heterocycles. The molecule has 4 nitrogen and oxygen atoms in total. The van der Waals surface area contributed by atoms with Gasteiger partial charge in [0.1, 0.15) is 0 Å². The molecule has 2 N–H and O–H groups in total. The van der Waals surface area contributed by atoms with E-state index in [0.29, 0.717) is 6.42 Å². The number of H-pyrrole nitrogens is 1. The van der Waals surface area contributed by atoms with Gasteiger partial charge in [0.25, 0.3) is 0 Å². The lowest BCUT2D eigenvalue weighted by Crippen LogP contribution is -2.21. The van der Waals surface area contributed by atoms with E-state index in [0.717, 1.165) is 22.2 Å². The Hall–Kier alpha value is -1.81. The van der Waals surface area contributed by atoms with Crippen molar-refractivity contribution >= 4 is 16.9 Å². The molecule has 0 aliphatic rings. The number of ether oxygens (including phenoxy) is 1. The molecule has 96 valence electrons. The minimum Gasteiger partial charge on any atom is -0.469 e. The summed E-state index contributed by atoms with van der Waals surface area (Å²) in [5.74, 6) is -0.209. The molecule has 1 atom stereocenters. The summed E-state index contributed by atoms with van der Waals surface area (Å²) in [5.41, 5.74) is 3.31. The van der Waals surface area contributed by atoms with Crippen LogP contribution in [0.1, 0.15) is 23.7 Å². The first-order chi connectivity index (χ1) is 8.67. The Morgan fingerprint density at radius 3 is 2.83 bits per heavy atom. The zero-order valence-corrected chi connectivity index (χ0v) is 10.9. The maximum absolute atomic E-state index is 11.5. The van der Waals surface area contributed by atoms with Crippen molar-refractivity contribution in [2.24, 2.45) is 0 Å². The number of aromatic amines is 1. The standard InChI is InChI=1S/C14H18N2O2/c1-9-14(12(15-2)8-13(17)18-3)10-6-4-5-7-11(10)16-9/h4-7,12,15-16H,8H2,1-3H3. The molecule has 0 amide bonds. The van der Waals surface area contributed by atoms with E-state index in [1.807, 2.05) is 32.2 Å². The fraction of sp³-hybridized carbons (Fsp3) is 0.357. The lowest BCUT2D eigenvalue weighted by atomic mass is 10.0. The maximum atomic E-state index is 11.5. The van der Waals surface area contributed by atoms with Gasteiger partial charge < -0.3 is 15.0 Å². The average Bonchev–Trinajstić information content (AvgIpc) is 2.71. The van der Waals surface area contributed by atoms with Crippen LogP contribution in [-0.4, -0.2) is 25.1 Å². The third-order valence-electron chi connectivity index (χ3n) is 3.24. The molecule has 0 saturated carbocycles. The Morgan fingerprint density at radius 1 is 1.44 bits per heavy atom. The number of aromatic nitrogens is 1. The maximum Gasteiger partial charge on any atom is 0.307 e. The first-order valence-electron chi connectivity index (χ1n) is 5.98. The second kappa shape index (κ2) is 5.23. The number of benzene rings is 1. The van der Waals surface area contributed by atoms with Gasteiger partial charge in [-0.25, -0.2) is 0 Å². The lowest BCUT2D eigenvalue weighted by molar-refractivity contribution is -0.141. The van der Waals surface area contributed by atoms with Crippen molar-refractivity contribution in [2.75, 3.05) is 14.2 Å². The fourth-order valence-corrected chi connectivity index (χ4v) is 2.35. The van der Waals surface area contributed by atoms with Crippen molar-refractivity contribution in [3.63, 3.8) is 0 Å². The van der Waals surface area contributed by atoms with Gasteiger partial charge in [-0.05, 0) is 25.6 Å². The quantitative estimate of drug-likeness (QED) is 0.814. The molecule has 0 radical (unpaired) electrons. The van der Waals surface area contributed by atoms with Gasteiger partial charge in [0.2, 0.25) is 0 Å². The zero-order chi connectivity index (χ0) is 13.1.